The van der Waals surface area contributed by atoms with Gasteiger partial charge in [0.15, 0.2) is 0 Å². The van der Waals surface area contributed by atoms with Crippen LogP contribution in [-0.2, 0) is 11.2 Å². The topological polar surface area (TPSA) is 49.3 Å². The highest BCUT2D eigenvalue weighted by molar-refractivity contribution is 5.90. The third kappa shape index (κ3) is 5.88. The Hall–Kier alpha value is -1.35. The molecule has 3 nitrogen and oxygen atoms in total. The van der Waals surface area contributed by atoms with Crippen LogP contribution in [0, 0.1) is 5.92 Å². The summed E-state index contributed by atoms with van der Waals surface area (Å²) in [6.45, 7) is 0.206. The van der Waals surface area contributed by atoms with Crippen molar-refractivity contribution in [2.45, 2.75) is 57.8 Å². The number of carbonyl (C=O) groups is 1. The molecule has 0 aromatic heterocycles. The summed E-state index contributed by atoms with van der Waals surface area (Å²) >= 11 is 0. The van der Waals surface area contributed by atoms with E-state index >= 15 is 0 Å². The van der Waals surface area contributed by atoms with Gasteiger partial charge in [-0.15, -0.1) is 0 Å². The first-order valence-corrected chi connectivity index (χ1v) is 8.27. The van der Waals surface area contributed by atoms with Crippen LogP contribution in [0.25, 0.3) is 0 Å². The van der Waals surface area contributed by atoms with Crippen molar-refractivity contribution in [2.75, 3.05) is 11.9 Å². The largest absolute Gasteiger partial charge is 0.396 e. The molecule has 2 N–H and O–H groups in total. The second kappa shape index (κ2) is 8.83. The van der Waals surface area contributed by atoms with Crippen molar-refractivity contribution in [3.8, 4) is 0 Å². The molecule has 1 aromatic rings. The first-order chi connectivity index (χ1) is 10.3. The van der Waals surface area contributed by atoms with Crippen LogP contribution >= 0.6 is 0 Å². The second-order valence-corrected chi connectivity index (χ2v) is 6.12. The Morgan fingerprint density at radius 1 is 1.24 bits per heavy atom. The van der Waals surface area contributed by atoms with E-state index in [-0.39, 0.29) is 12.5 Å². The third-order valence-electron chi connectivity index (χ3n) is 4.34. The lowest BCUT2D eigenvalue weighted by Crippen LogP contribution is -2.15. The Labute approximate surface area is 127 Å². The summed E-state index contributed by atoms with van der Waals surface area (Å²) in [6, 6.07) is 7.94. The van der Waals surface area contributed by atoms with Gasteiger partial charge in [-0.2, -0.15) is 0 Å². The fourth-order valence-corrected chi connectivity index (χ4v) is 3.12. The van der Waals surface area contributed by atoms with E-state index in [1.807, 2.05) is 24.3 Å². The molecular formula is C18H27NO2. The fourth-order valence-electron chi connectivity index (χ4n) is 3.12. The van der Waals surface area contributed by atoms with Crippen molar-refractivity contribution in [1.82, 2.24) is 0 Å². The van der Waals surface area contributed by atoms with Crippen LogP contribution in [0.1, 0.15) is 56.9 Å². The van der Waals surface area contributed by atoms with Gasteiger partial charge in [-0.3, -0.25) is 4.79 Å². The second-order valence-electron chi connectivity index (χ2n) is 6.12. The molecule has 1 fully saturated rings. The van der Waals surface area contributed by atoms with Crippen LogP contribution in [0.2, 0.25) is 0 Å². The first-order valence-electron chi connectivity index (χ1n) is 8.27. The van der Waals surface area contributed by atoms with Gasteiger partial charge in [-0.25, -0.2) is 0 Å². The van der Waals surface area contributed by atoms with Crippen molar-refractivity contribution < 1.29 is 9.90 Å². The zero-order valence-corrected chi connectivity index (χ0v) is 12.8. The molecule has 116 valence electrons. The number of carbonyl (C=O) groups excluding carboxylic acids is 1. The predicted octanol–water partition coefficient (Wildman–Crippen LogP) is 3.91. The lowest BCUT2D eigenvalue weighted by atomic mass is 9.86. The summed E-state index contributed by atoms with van der Waals surface area (Å²) in [6.07, 6.45) is 9.89. The molecule has 0 atom stereocenters. The Balaban J connectivity index is 1.76. The summed E-state index contributed by atoms with van der Waals surface area (Å²) < 4.78 is 0. The minimum atomic E-state index is 0.125. The van der Waals surface area contributed by atoms with Crippen LogP contribution in [0.4, 0.5) is 5.69 Å². The van der Waals surface area contributed by atoms with E-state index in [1.165, 1.54) is 32.1 Å². The van der Waals surface area contributed by atoms with E-state index in [1.54, 1.807) is 0 Å². The first kappa shape index (κ1) is 16.0. The quantitative estimate of drug-likeness (QED) is 0.799. The maximum Gasteiger partial charge on any atom is 0.224 e. The maximum absolute atomic E-state index is 12.0. The predicted molar refractivity (Wildman–Crippen MR) is 86.3 cm³/mol. The number of rotatable bonds is 7. The lowest BCUT2D eigenvalue weighted by molar-refractivity contribution is -0.116. The Morgan fingerprint density at radius 3 is 2.81 bits per heavy atom. The number of hydrogen-bond donors (Lipinski definition) is 2. The molecule has 0 unspecified atom stereocenters. The summed E-state index contributed by atoms with van der Waals surface area (Å²) in [7, 11) is 0. The van der Waals surface area contributed by atoms with Gasteiger partial charge < -0.3 is 10.4 Å². The van der Waals surface area contributed by atoms with E-state index in [0.29, 0.717) is 6.42 Å². The minimum Gasteiger partial charge on any atom is -0.396 e. The number of amides is 1. The molecule has 2 rings (SSSR count). The Bertz CT molecular complexity index is 439. The molecule has 0 spiro atoms. The van der Waals surface area contributed by atoms with Gasteiger partial charge in [0.05, 0.1) is 0 Å². The van der Waals surface area contributed by atoms with E-state index in [0.717, 1.165) is 36.4 Å². The van der Waals surface area contributed by atoms with E-state index in [9.17, 15) is 4.79 Å². The summed E-state index contributed by atoms with van der Waals surface area (Å²) in [5.74, 6) is 0.875. The average Bonchev–Trinajstić information content (AvgIpc) is 2.52. The van der Waals surface area contributed by atoms with E-state index in [2.05, 4.69) is 5.32 Å². The van der Waals surface area contributed by atoms with Crippen LogP contribution in [-0.4, -0.2) is 17.6 Å². The molecule has 0 heterocycles. The molecule has 0 saturated heterocycles. The smallest absolute Gasteiger partial charge is 0.224 e. The van der Waals surface area contributed by atoms with Crippen LogP contribution in [0.15, 0.2) is 24.3 Å². The van der Waals surface area contributed by atoms with Crippen molar-refractivity contribution >= 4 is 11.6 Å². The Kier molecular flexibility index (Phi) is 6.74. The lowest BCUT2D eigenvalue weighted by Gasteiger charge is -2.21. The van der Waals surface area contributed by atoms with Gasteiger partial charge in [-0.05, 0) is 42.9 Å². The number of hydrogen-bond acceptors (Lipinski definition) is 2. The minimum absolute atomic E-state index is 0.125. The number of aliphatic hydroxyl groups is 1. The Morgan fingerprint density at radius 2 is 2.05 bits per heavy atom. The fraction of sp³-hybridized carbons (Fsp3) is 0.611. The summed E-state index contributed by atoms with van der Waals surface area (Å²) in [5.41, 5.74) is 2.04. The molecule has 1 aromatic carbocycles. The monoisotopic (exact) mass is 289 g/mol. The molecule has 1 aliphatic carbocycles. The normalized spacial score (nSPS) is 15.9. The number of anilines is 1. The molecule has 0 bridgehead atoms. The molecular weight excluding hydrogens is 262 g/mol. The number of aryl methyl sites for hydroxylation is 1. The van der Waals surface area contributed by atoms with Gasteiger partial charge in [0.1, 0.15) is 0 Å². The molecule has 0 aliphatic heterocycles. The van der Waals surface area contributed by atoms with Crippen molar-refractivity contribution in [1.29, 1.82) is 0 Å². The van der Waals surface area contributed by atoms with Crippen LogP contribution < -0.4 is 5.32 Å². The van der Waals surface area contributed by atoms with Crippen molar-refractivity contribution in [3.63, 3.8) is 0 Å². The standard InChI is InChI=1S/C18H27NO2/c20-13-5-9-16-8-4-10-17(14-16)19-18(21)12-11-15-6-2-1-3-7-15/h4,8,10,14-15,20H,1-3,5-7,9,11-13H2,(H,19,21). The molecule has 1 saturated carbocycles. The molecule has 1 amide bonds. The number of aliphatic hydroxyl groups excluding tert-OH is 1. The van der Waals surface area contributed by atoms with Gasteiger partial charge in [0.2, 0.25) is 5.91 Å². The third-order valence-corrected chi connectivity index (χ3v) is 4.34. The average molecular weight is 289 g/mol. The van der Waals surface area contributed by atoms with Gasteiger partial charge in [0, 0.05) is 18.7 Å². The van der Waals surface area contributed by atoms with Gasteiger partial charge in [0.25, 0.3) is 0 Å². The van der Waals surface area contributed by atoms with Gasteiger partial charge in [-0.1, -0.05) is 44.2 Å². The van der Waals surface area contributed by atoms with E-state index < -0.39 is 0 Å². The van der Waals surface area contributed by atoms with Crippen LogP contribution in [0.5, 0.6) is 0 Å². The highest BCUT2D eigenvalue weighted by atomic mass is 16.2. The maximum atomic E-state index is 12.0. The molecule has 1 aliphatic rings. The summed E-state index contributed by atoms with van der Waals surface area (Å²) in [4.78, 5) is 12.0. The highest BCUT2D eigenvalue weighted by Gasteiger charge is 2.14. The number of nitrogens with one attached hydrogen (secondary N) is 1. The number of benzene rings is 1. The SMILES string of the molecule is O=C(CCC1CCCCC1)Nc1cccc(CCCO)c1. The van der Waals surface area contributed by atoms with Crippen molar-refractivity contribution in [3.05, 3.63) is 29.8 Å². The molecule has 0 radical (unpaired) electrons. The van der Waals surface area contributed by atoms with Crippen LogP contribution in [0.3, 0.4) is 0 Å². The van der Waals surface area contributed by atoms with Crippen molar-refractivity contribution in [2.24, 2.45) is 5.92 Å². The highest BCUT2D eigenvalue weighted by Crippen LogP contribution is 2.27. The molecule has 3 heteroatoms. The summed E-state index contributed by atoms with van der Waals surface area (Å²) in [5, 5.41) is 11.9. The van der Waals surface area contributed by atoms with E-state index in [4.69, 9.17) is 5.11 Å². The zero-order valence-electron chi connectivity index (χ0n) is 12.8. The molecule has 21 heavy (non-hydrogen) atoms. The van der Waals surface area contributed by atoms with Gasteiger partial charge >= 0.3 is 0 Å². The zero-order chi connectivity index (χ0) is 14.9.